The lowest BCUT2D eigenvalue weighted by atomic mass is 10.0. The summed E-state index contributed by atoms with van der Waals surface area (Å²) in [4.78, 5) is 29.6. The van der Waals surface area contributed by atoms with Gasteiger partial charge in [0.2, 0.25) is 0 Å². The Labute approximate surface area is 159 Å². The standard InChI is InChI=1S/C20H27N3O4/c1-12-17(20(25)27-6)13(2)22-18(12)19(24)21-11-15(23(3)4)14-9-7-8-10-16(14)26-5/h7-10,15,22H,11H2,1-6H3,(H,21,24). The minimum atomic E-state index is -0.458. The van der Waals surface area contributed by atoms with Crippen LogP contribution in [0.5, 0.6) is 5.75 Å². The van der Waals surface area contributed by atoms with Crippen molar-refractivity contribution in [3.63, 3.8) is 0 Å². The molecule has 1 amide bonds. The second kappa shape index (κ2) is 8.73. The third kappa shape index (κ3) is 4.31. The lowest BCUT2D eigenvalue weighted by Gasteiger charge is -2.26. The van der Waals surface area contributed by atoms with Crippen molar-refractivity contribution in [3.8, 4) is 5.75 Å². The number of methoxy groups -OCH3 is 2. The van der Waals surface area contributed by atoms with E-state index in [4.69, 9.17) is 9.47 Å². The molecule has 0 spiro atoms. The third-order valence-electron chi connectivity index (χ3n) is 4.63. The molecule has 1 atom stereocenters. The molecule has 1 aromatic heterocycles. The highest BCUT2D eigenvalue weighted by Crippen LogP contribution is 2.27. The van der Waals surface area contributed by atoms with Crippen molar-refractivity contribution in [2.45, 2.75) is 19.9 Å². The van der Waals surface area contributed by atoms with Crippen molar-refractivity contribution in [1.29, 1.82) is 0 Å². The van der Waals surface area contributed by atoms with E-state index in [0.717, 1.165) is 11.3 Å². The van der Waals surface area contributed by atoms with Gasteiger partial charge in [-0.1, -0.05) is 18.2 Å². The van der Waals surface area contributed by atoms with Crippen molar-refractivity contribution in [2.75, 3.05) is 34.9 Å². The molecule has 0 aliphatic rings. The number of aromatic amines is 1. The number of hydrogen-bond acceptors (Lipinski definition) is 5. The van der Waals surface area contributed by atoms with Crippen molar-refractivity contribution in [3.05, 3.63) is 52.3 Å². The number of para-hydroxylation sites is 1. The van der Waals surface area contributed by atoms with E-state index in [-0.39, 0.29) is 11.9 Å². The van der Waals surface area contributed by atoms with Crippen LogP contribution in [0.2, 0.25) is 0 Å². The highest BCUT2D eigenvalue weighted by atomic mass is 16.5. The summed E-state index contributed by atoms with van der Waals surface area (Å²) in [5.74, 6) is 0.0401. The summed E-state index contributed by atoms with van der Waals surface area (Å²) in [7, 11) is 6.84. The van der Waals surface area contributed by atoms with Gasteiger partial charge in [0.05, 0.1) is 25.8 Å². The fourth-order valence-corrected chi connectivity index (χ4v) is 3.18. The molecule has 2 N–H and O–H groups in total. The molecule has 0 bridgehead atoms. The van der Waals surface area contributed by atoms with Crippen LogP contribution in [-0.4, -0.2) is 56.6 Å². The van der Waals surface area contributed by atoms with Gasteiger partial charge in [-0.2, -0.15) is 0 Å². The van der Waals surface area contributed by atoms with Gasteiger partial charge in [0.25, 0.3) is 5.91 Å². The van der Waals surface area contributed by atoms with Crippen molar-refractivity contribution < 1.29 is 19.1 Å². The first-order valence-electron chi connectivity index (χ1n) is 8.66. The van der Waals surface area contributed by atoms with E-state index in [1.807, 2.05) is 43.3 Å². The van der Waals surface area contributed by atoms with Gasteiger partial charge in [0.1, 0.15) is 11.4 Å². The Balaban J connectivity index is 2.21. The van der Waals surface area contributed by atoms with Gasteiger partial charge in [-0.3, -0.25) is 4.79 Å². The van der Waals surface area contributed by atoms with Gasteiger partial charge < -0.3 is 24.7 Å². The number of carbonyl (C=O) groups is 2. The summed E-state index contributed by atoms with van der Waals surface area (Å²) in [5.41, 5.74) is 2.94. The fraction of sp³-hybridized carbons (Fsp3) is 0.400. The van der Waals surface area contributed by atoms with E-state index in [0.29, 0.717) is 29.1 Å². The number of amides is 1. The number of carbonyl (C=O) groups excluding carboxylic acids is 2. The van der Waals surface area contributed by atoms with Gasteiger partial charge in [-0.15, -0.1) is 0 Å². The van der Waals surface area contributed by atoms with E-state index in [1.54, 1.807) is 21.0 Å². The number of likely N-dealkylation sites (N-methyl/N-ethyl adjacent to an activating group) is 1. The molecule has 0 aliphatic heterocycles. The average molecular weight is 373 g/mol. The zero-order chi connectivity index (χ0) is 20.1. The molecule has 2 aromatic rings. The monoisotopic (exact) mass is 373 g/mol. The Morgan fingerprint density at radius 1 is 1.19 bits per heavy atom. The number of hydrogen-bond donors (Lipinski definition) is 2. The van der Waals surface area contributed by atoms with Crippen LogP contribution >= 0.6 is 0 Å². The predicted molar refractivity (Wildman–Crippen MR) is 103 cm³/mol. The van der Waals surface area contributed by atoms with E-state index >= 15 is 0 Å². The number of nitrogens with zero attached hydrogens (tertiary/aromatic N) is 1. The molecule has 146 valence electrons. The molecule has 27 heavy (non-hydrogen) atoms. The summed E-state index contributed by atoms with van der Waals surface area (Å²) < 4.78 is 10.2. The molecular weight excluding hydrogens is 346 g/mol. The molecule has 0 fully saturated rings. The normalized spacial score (nSPS) is 12.0. The van der Waals surface area contributed by atoms with Crippen molar-refractivity contribution >= 4 is 11.9 Å². The maximum Gasteiger partial charge on any atom is 0.339 e. The molecule has 0 saturated heterocycles. The highest BCUT2D eigenvalue weighted by Gasteiger charge is 2.24. The molecule has 0 radical (unpaired) electrons. The number of benzene rings is 1. The van der Waals surface area contributed by atoms with E-state index in [2.05, 4.69) is 10.3 Å². The number of aryl methyl sites for hydroxylation is 1. The zero-order valence-electron chi connectivity index (χ0n) is 16.7. The van der Waals surface area contributed by atoms with E-state index in [1.165, 1.54) is 7.11 Å². The molecular formula is C20H27N3O4. The van der Waals surface area contributed by atoms with Gasteiger partial charge in [0.15, 0.2) is 0 Å². The lowest BCUT2D eigenvalue weighted by Crippen LogP contribution is -2.35. The van der Waals surface area contributed by atoms with Crippen LogP contribution in [0.3, 0.4) is 0 Å². The second-order valence-corrected chi connectivity index (χ2v) is 6.55. The van der Waals surface area contributed by atoms with Crippen LogP contribution in [-0.2, 0) is 4.74 Å². The first-order valence-corrected chi connectivity index (χ1v) is 8.66. The van der Waals surface area contributed by atoms with Crippen LogP contribution in [0.4, 0.5) is 0 Å². The predicted octanol–water partition coefficient (Wildman–Crippen LogP) is 2.46. The van der Waals surface area contributed by atoms with E-state index in [9.17, 15) is 9.59 Å². The smallest absolute Gasteiger partial charge is 0.339 e. The van der Waals surface area contributed by atoms with Crippen molar-refractivity contribution in [2.24, 2.45) is 0 Å². The number of nitrogens with one attached hydrogen (secondary N) is 2. The van der Waals surface area contributed by atoms with Crippen LogP contribution in [0.1, 0.15) is 43.7 Å². The summed E-state index contributed by atoms with van der Waals surface area (Å²) in [6.45, 7) is 3.86. The minimum absolute atomic E-state index is 0.0680. The molecule has 2 rings (SSSR count). The Bertz CT molecular complexity index is 827. The molecule has 1 aromatic carbocycles. The number of rotatable bonds is 7. The number of ether oxygens (including phenoxy) is 2. The number of H-pyrrole nitrogens is 1. The fourth-order valence-electron chi connectivity index (χ4n) is 3.18. The third-order valence-corrected chi connectivity index (χ3v) is 4.63. The zero-order valence-corrected chi connectivity index (χ0v) is 16.7. The Kier molecular flexibility index (Phi) is 6.63. The topological polar surface area (TPSA) is 83.7 Å². The van der Waals surface area contributed by atoms with Gasteiger partial charge in [-0.25, -0.2) is 4.79 Å². The maximum atomic E-state index is 12.7. The van der Waals surface area contributed by atoms with Crippen LogP contribution in [0, 0.1) is 13.8 Å². The molecule has 7 nitrogen and oxygen atoms in total. The second-order valence-electron chi connectivity index (χ2n) is 6.55. The Morgan fingerprint density at radius 3 is 2.44 bits per heavy atom. The number of aromatic nitrogens is 1. The van der Waals surface area contributed by atoms with Gasteiger partial charge in [-0.05, 0) is 39.6 Å². The van der Waals surface area contributed by atoms with Crippen LogP contribution in [0.25, 0.3) is 0 Å². The Morgan fingerprint density at radius 2 is 1.85 bits per heavy atom. The quantitative estimate of drug-likeness (QED) is 0.729. The van der Waals surface area contributed by atoms with Gasteiger partial charge in [0, 0.05) is 17.8 Å². The average Bonchev–Trinajstić information content (AvgIpc) is 2.95. The molecule has 7 heteroatoms. The summed E-state index contributed by atoms with van der Waals surface area (Å²) in [6, 6.07) is 7.66. The summed E-state index contributed by atoms with van der Waals surface area (Å²) >= 11 is 0. The molecule has 1 heterocycles. The van der Waals surface area contributed by atoms with Crippen molar-refractivity contribution in [1.82, 2.24) is 15.2 Å². The highest BCUT2D eigenvalue weighted by molar-refractivity contribution is 6.00. The first-order chi connectivity index (χ1) is 12.8. The SMILES string of the molecule is COC(=O)c1c(C)[nH]c(C(=O)NCC(c2ccccc2OC)N(C)C)c1C. The first kappa shape index (κ1) is 20.5. The van der Waals surface area contributed by atoms with Crippen LogP contribution < -0.4 is 10.1 Å². The molecule has 1 unspecified atom stereocenters. The molecule has 0 saturated carbocycles. The van der Waals surface area contributed by atoms with E-state index < -0.39 is 5.97 Å². The minimum Gasteiger partial charge on any atom is -0.496 e. The number of esters is 1. The Hall–Kier alpha value is -2.80. The largest absolute Gasteiger partial charge is 0.496 e. The van der Waals surface area contributed by atoms with Crippen LogP contribution in [0.15, 0.2) is 24.3 Å². The lowest BCUT2D eigenvalue weighted by molar-refractivity contribution is 0.0599. The molecule has 0 aliphatic carbocycles. The summed E-state index contributed by atoms with van der Waals surface area (Å²) in [6.07, 6.45) is 0. The summed E-state index contributed by atoms with van der Waals surface area (Å²) in [5, 5.41) is 2.95. The maximum absolute atomic E-state index is 12.7. The van der Waals surface area contributed by atoms with Gasteiger partial charge >= 0.3 is 5.97 Å².